The molecule has 7 rings (SSSR count). The van der Waals surface area contributed by atoms with Crippen LogP contribution in [0.5, 0.6) is 0 Å². The molecule has 1 aliphatic rings. The fourth-order valence-corrected chi connectivity index (χ4v) is 5.46. The third kappa shape index (κ3) is 3.39. The van der Waals surface area contributed by atoms with Crippen LogP contribution in [0.15, 0.2) is 91.3 Å². The molecule has 0 bridgehead atoms. The molecular weight excluding hydrogens is 430 g/mol. The molecule has 1 aliphatic heterocycles. The van der Waals surface area contributed by atoms with E-state index in [1.807, 2.05) is 18.5 Å². The second-order valence-corrected chi connectivity index (χ2v) is 9.26. The summed E-state index contributed by atoms with van der Waals surface area (Å²) in [5, 5.41) is 7.09. The van der Waals surface area contributed by atoms with Gasteiger partial charge in [-0.15, -0.1) is 0 Å². The molecular formula is C30H25N5. The van der Waals surface area contributed by atoms with E-state index in [-0.39, 0.29) is 0 Å². The average molecular weight is 456 g/mol. The highest BCUT2D eigenvalue weighted by Crippen LogP contribution is 2.37. The molecule has 170 valence electrons. The van der Waals surface area contributed by atoms with Crippen LogP contribution < -0.4 is 5.32 Å². The summed E-state index contributed by atoms with van der Waals surface area (Å²) in [5.74, 6) is 0.955. The summed E-state index contributed by atoms with van der Waals surface area (Å²) in [5.41, 5.74) is 6.21. The maximum absolute atomic E-state index is 5.30. The average Bonchev–Trinajstić information content (AvgIpc) is 3.32. The molecule has 0 saturated carbocycles. The maximum Gasteiger partial charge on any atom is 0.161 e. The van der Waals surface area contributed by atoms with Crippen molar-refractivity contribution >= 4 is 32.8 Å². The van der Waals surface area contributed by atoms with Crippen molar-refractivity contribution in [2.24, 2.45) is 0 Å². The van der Waals surface area contributed by atoms with Gasteiger partial charge in [0.2, 0.25) is 0 Å². The van der Waals surface area contributed by atoms with E-state index in [1.165, 1.54) is 10.8 Å². The Morgan fingerprint density at radius 1 is 0.686 bits per heavy atom. The normalized spacial score (nSPS) is 14.7. The van der Waals surface area contributed by atoms with Gasteiger partial charge in [-0.3, -0.25) is 4.98 Å². The van der Waals surface area contributed by atoms with Crippen LogP contribution in [0.25, 0.3) is 55.4 Å². The molecule has 3 aromatic heterocycles. The molecule has 3 aromatic carbocycles. The van der Waals surface area contributed by atoms with Gasteiger partial charge in [-0.05, 0) is 66.5 Å². The van der Waals surface area contributed by atoms with Crippen LogP contribution in [0.1, 0.15) is 18.9 Å². The van der Waals surface area contributed by atoms with Gasteiger partial charge in [0.05, 0.1) is 5.52 Å². The van der Waals surface area contributed by atoms with Crippen molar-refractivity contribution in [3.05, 3.63) is 91.3 Å². The number of pyridine rings is 2. The number of nitrogens with zero attached hydrogens (tertiary/aromatic N) is 4. The molecule has 0 atom stereocenters. The zero-order valence-electron chi connectivity index (χ0n) is 19.4. The third-order valence-electron chi connectivity index (χ3n) is 7.19. The van der Waals surface area contributed by atoms with E-state index in [0.717, 1.165) is 70.5 Å². The molecule has 0 amide bonds. The number of benzene rings is 3. The molecule has 0 spiro atoms. The summed E-state index contributed by atoms with van der Waals surface area (Å²) in [7, 11) is 0. The zero-order chi connectivity index (χ0) is 23.2. The van der Waals surface area contributed by atoms with Crippen molar-refractivity contribution < 1.29 is 0 Å². The Morgan fingerprint density at radius 3 is 2.43 bits per heavy atom. The van der Waals surface area contributed by atoms with Gasteiger partial charge in [-0.2, -0.15) is 0 Å². The van der Waals surface area contributed by atoms with Crippen LogP contribution in [0.2, 0.25) is 0 Å². The Labute approximate surface area is 203 Å². The number of hydrogen-bond acceptors (Lipinski definition) is 4. The number of para-hydroxylation sites is 1. The molecule has 1 fully saturated rings. The lowest BCUT2D eigenvalue weighted by Gasteiger charge is -2.26. The number of aromatic nitrogens is 4. The summed E-state index contributed by atoms with van der Waals surface area (Å²) in [4.78, 5) is 14.9. The van der Waals surface area contributed by atoms with E-state index in [4.69, 9.17) is 15.0 Å². The Balaban J connectivity index is 1.51. The van der Waals surface area contributed by atoms with Gasteiger partial charge in [0.25, 0.3) is 0 Å². The monoisotopic (exact) mass is 455 g/mol. The molecule has 1 saturated heterocycles. The third-order valence-corrected chi connectivity index (χ3v) is 7.19. The van der Waals surface area contributed by atoms with E-state index in [1.54, 1.807) is 0 Å². The summed E-state index contributed by atoms with van der Waals surface area (Å²) >= 11 is 0. The van der Waals surface area contributed by atoms with Crippen LogP contribution >= 0.6 is 0 Å². The SMILES string of the molecule is c1ccc2cc(-c3ccnc4c3nc(-c3cccc5cccnc35)n4C3CCNCC3)ccc2c1. The van der Waals surface area contributed by atoms with Crippen molar-refractivity contribution in [1.82, 2.24) is 24.8 Å². The summed E-state index contributed by atoms with van der Waals surface area (Å²) in [6, 6.07) is 28.0. The van der Waals surface area contributed by atoms with Gasteiger partial charge in [-0.25, -0.2) is 9.97 Å². The first-order valence-corrected chi connectivity index (χ1v) is 12.3. The lowest BCUT2D eigenvalue weighted by atomic mass is 10.0. The van der Waals surface area contributed by atoms with Gasteiger partial charge in [0, 0.05) is 34.9 Å². The van der Waals surface area contributed by atoms with Crippen molar-refractivity contribution in [3.63, 3.8) is 0 Å². The van der Waals surface area contributed by atoms with E-state index in [0.29, 0.717) is 6.04 Å². The van der Waals surface area contributed by atoms with Gasteiger partial charge in [0.15, 0.2) is 5.65 Å². The molecule has 5 heteroatoms. The predicted molar refractivity (Wildman–Crippen MR) is 142 cm³/mol. The van der Waals surface area contributed by atoms with Gasteiger partial charge >= 0.3 is 0 Å². The highest BCUT2D eigenvalue weighted by atomic mass is 15.2. The highest BCUT2D eigenvalue weighted by Gasteiger charge is 2.25. The van der Waals surface area contributed by atoms with E-state index >= 15 is 0 Å². The first-order chi connectivity index (χ1) is 17.4. The van der Waals surface area contributed by atoms with Crippen LogP contribution in [0, 0.1) is 0 Å². The summed E-state index contributed by atoms with van der Waals surface area (Å²) in [6.45, 7) is 2.00. The zero-order valence-corrected chi connectivity index (χ0v) is 19.4. The number of piperidine rings is 1. The van der Waals surface area contributed by atoms with Gasteiger partial charge in [0.1, 0.15) is 11.3 Å². The minimum absolute atomic E-state index is 0.342. The summed E-state index contributed by atoms with van der Waals surface area (Å²) < 4.78 is 2.38. The van der Waals surface area contributed by atoms with Crippen molar-refractivity contribution in [2.75, 3.05) is 13.1 Å². The fourth-order valence-electron chi connectivity index (χ4n) is 5.46. The smallest absolute Gasteiger partial charge is 0.161 e. The molecule has 35 heavy (non-hydrogen) atoms. The molecule has 0 aliphatic carbocycles. The first kappa shape index (κ1) is 20.3. The number of fused-ring (bicyclic) bond motifs is 3. The van der Waals surface area contributed by atoms with Crippen LogP contribution in [-0.4, -0.2) is 32.6 Å². The molecule has 0 radical (unpaired) electrons. The van der Waals surface area contributed by atoms with Crippen molar-refractivity contribution in [3.8, 4) is 22.5 Å². The number of hydrogen-bond donors (Lipinski definition) is 1. The second kappa shape index (κ2) is 8.29. The number of imidazole rings is 1. The number of nitrogens with one attached hydrogen (secondary N) is 1. The molecule has 4 heterocycles. The lowest BCUT2D eigenvalue weighted by Crippen LogP contribution is -2.29. The molecule has 1 N–H and O–H groups in total. The number of rotatable bonds is 3. The van der Waals surface area contributed by atoms with Gasteiger partial charge in [-0.1, -0.05) is 54.6 Å². The fraction of sp³-hybridized carbons (Fsp3) is 0.167. The quantitative estimate of drug-likeness (QED) is 0.336. The first-order valence-electron chi connectivity index (χ1n) is 12.3. The Bertz CT molecular complexity index is 1690. The standard InChI is InChI=1S/C30H25N5/c1-2-6-22-19-23(11-10-20(22)5-1)25-14-18-33-30-28(25)34-29(35(30)24-12-16-31-17-13-24)26-9-3-7-21-8-4-15-32-27(21)26/h1-11,14-15,18-19,24,31H,12-13,16-17H2. The van der Waals surface area contributed by atoms with E-state index in [9.17, 15) is 0 Å². The van der Waals surface area contributed by atoms with Crippen molar-refractivity contribution in [1.29, 1.82) is 0 Å². The van der Waals surface area contributed by atoms with Crippen molar-refractivity contribution in [2.45, 2.75) is 18.9 Å². The Hall–Kier alpha value is -4.09. The highest BCUT2D eigenvalue weighted by molar-refractivity contribution is 5.98. The molecule has 0 unspecified atom stereocenters. The van der Waals surface area contributed by atoms with Crippen LogP contribution in [0.3, 0.4) is 0 Å². The minimum Gasteiger partial charge on any atom is -0.317 e. The Kier molecular flexibility index (Phi) is 4.81. The minimum atomic E-state index is 0.342. The Morgan fingerprint density at radius 2 is 1.51 bits per heavy atom. The van der Waals surface area contributed by atoms with Gasteiger partial charge < -0.3 is 9.88 Å². The second-order valence-electron chi connectivity index (χ2n) is 9.26. The predicted octanol–water partition coefficient (Wildman–Crippen LogP) is 6.39. The lowest BCUT2D eigenvalue weighted by molar-refractivity contribution is 0.376. The van der Waals surface area contributed by atoms with Crippen LogP contribution in [-0.2, 0) is 0 Å². The molecule has 6 aromatic rings. The van der Waals surface area contributed by atoms with Crippen LogP contribution in [0.4, 0.5) is 0 Å². The van der Waals surface area contributed by atoms with E-state index in [2.05, 4.69) is 82.7 Å². The molecule has 5 nitrogen and oxygen atoms in total. The largest absolute Gasteiger partial charge is 0.317 e. The summed E-state index contributed by atoms with van der Waals surface area (Å²) in [6.07, 6.45) is 5.90. The van der Waals surface area contributed by atoms with E-state index < -0.39 is 0 Å². The maximum atomic E-state index is 5.30. The topological polar surface area (TPSA) is 55.6 Å².